The third-order valence-electron chi connectivity index (χ3n) is 5.71. The number of hydrogen-bond acceptors (Lipinski definition) is 7. The van der Waals surface area contributed by atoms with Gasteiger partial charge in [-0.05, 0) is 49.4 Å². The van der Waals surface area contributed by atoms with Gasteiger partial charge in [0.25, 0.3) is 0 Å². The van der Waals surface area contributed by atoms with Crippen LogP contribution >= 0.6 is 11.8 Å². The molecule has 32 heavy (non-hydrogen) atoms. The molecule has 0 radical (unpaired) electrons. The van der Waals surface area contributed by atoms with Gasteiger partial charge in [0.1, 0.15) is 0 Å². The number of carbonyl (C=O) groups excluding carboxylic acids is 1. The highest BCUT2D eigenvalue weighted by molar-refractivity contribution is 7.99. The maximum Gasteiger partial charge on any atom is 0.344 e. The normalized spacial score (nSPS) is 18.8. The summed E-state index contributed by atoms with van der Waals surface area (Å²) < 4.78 is 33.2. The van der Waals surface area contributed by atoms with Gasteiger partial charge in [-0.3, -0.25) is 9.36 Å². The van der Waals surface area contributed by atoms with Crippen LogP contribution in [0, 0.1) is 0 Å². The monoisotopic (exact) mass is 481 g/mol. The number of anilines is 1. The zero-order valence-corrected chi connectivity index (χ0v) is 19.7. The van der Waals surface area contributed by atoms with Gasteiger partial charge in [0.05, 0.1) is 23.3 Å². The topological polar surface area (TPSA) is 118 Å². The average molecular weight is 482 g/mol. The first-order valence-corrected chi connectivity index (χ1v) is 13.0. The maximum atomic E-state index is 13.0. The van der Waals surface area contributed by atoms with Crippen LogP contribution in [0.2, 0.25) is 0 Å². The van der Waals surface area contributed by atoms with Crippen molar-refractivity contribution in [1.29, 1.82) is 0 Å². The zero-order valence-electron chi connectivity index (χ0n) is 18.1. The van der Waals surface area contributed by atoms with E-state index in [1.165, 1.54) is 34.7 Å². The number of aryl methyl sites for hydroxylation is 1. The summed E-state index contributed by atoms with van der Waals surface area (Å²) in [6.45, 7) is 1.68. The van der Waals surface area contributed by atoms with Gasteiger partial charge in [0.15, 0.2) is 5.16 Å². The molecule has 1 aromatic carbocycles. The van der Waals surface area contributed by atoms with Crippen molar-refractivity contribution in [2.24, 2.45) is 0 Å². The van der Waals surface area contributed by atoms with Crippen LogP contribution in [-0.2, 0) is 32.5 Å². The highest BCUT2D eigenvalue weighted by atomic mass is 32.2. The lowest BCUT2D eigenvalue weighted by molar-refractivity contribution is -0.116. The number of benzene rings is 1. The van der Waals surface area contributed by atoms with Crippen LogP contribution in [0.4, 0.5) is 5.69 Å². The first-order valence-electron chi connectivity index (χ1n) is 10.5. The number of sulfonamides is 1. The van der Waals surface area contributed by atoms with Crippen molar-refractivity contribution in [1.82, 2.24) is 19.1 Å². The fourth-order valence-electron chi connectivity index (χ4n) is 3.97. The summed E-state index contributed by atoms with van der Waals surface area (Å²) in [5.41, 5.74) is 1.26. The molecule has 2 aromatic rings. The van der Waals surface area contributed by atoms with E-state index < -0.39 is 10.0 Å². The molecular weight excluding hydrogens is 454 g/mol. The molecule has 0 saturated carbocycles. The Labute approximate surface area is 191 Å². The molecule has 0 spiro atoms. The van der Waals surface area contributed by atoms with Crippen molar-refractivity contribution in [2.45, 2.75) is 48.4 Å². The molecule has 2 aliphatic rings. The maximum absolute atomic E-state index is 13.0. The molecular formula is C20H27N5O5S2. The van der Waals surface area contributed by atoms with Gasteiger partial charge in [0, 0.05) is 32.9 Å². The molecule has 1 amide bonds. The second-order valence-corrected chi connectivity index (χ2v) is 11.2. The Morgan fingerprint density at radius 3 is 2.88 bits per heavy atom. The first kappa shape index (κ1) is 23.0. The molecule has 1 atom stereocenters. The van der Waals surface area contributed by atoms with Crippen molar-refractivity contribution in [3.63, 3.8) is 0 Å². The summed E-state index contributed by atoms with van der Waals surface area (Å²) in [7, 11) is -0.545. The minimum absolute atomic E-state index is 0.0121. The highest BCUT2D eigenvalue weighted by Gasteiger charge is 2.26. The van der Waals surface area contributed by atoms with E-state index in [2.05, 4.69) is 10.2 Å². The van der Waals surface area contributed by atoms with E-state index in [4.69, 9.17) is 4.74 Å². The number of rotatable bonds is 7. The molecule has 10 nitrogen and oxygen atoms in total. The molecule has 12 heteroatoms. The average Bonchev–Trinajstić information content (AvgIpc) is 3.41. The number of H-pyrrole nitrogens is 1. The van der Waals surface area contributed by atoms with Crippen LogP contribution in [0.15, 0.2) is 33.0 Å². The molecule has 3 heterocycles. The van der Waals surface area contributed by atoms with Crippen molar-refractivity contribution in [3.8, 4) is 0 Å². The lowest BCUT2D eigenvalue weighted by Crippen LogP contribution is -2.37. The Morgan fingerprint density at radius 1 is 1.34 bits per heavy atom. The Balaban J connectivity index is 1.47. The van der Waals surface area contributed by atoms with E-state index in [-0.39, 0.29) is 28.3 Å². The summed E-state index contributed by atoms with van der Waals surface area (Å²) in [6, 6.07) is 4.90. The third kappa shape index (κ3) is 4.63. The lowest BCUT2D eigenvalue weighted by atomic mass is 10.0. The Kier molecular flexibility index (Phi) is 6.75. The van der Waals surface area contributed by atoms with Gasteiger partial charge in [0.2, 0.25) is 15.9 Å². The number of aromatic amines is 1. The summed E-state index contributed by atoms with van der Waals surface area (Å²) in [5, 5.41) is 6.98. The third-order valence-corrected chi connectivity index (χ3v) is 8.48. The van der Waals surface area contributed by atoms with Crippen LogP contribution in [0.1, 0.15) is 24.8 Å². The van der Waals surface area contributed by atoms with Crippen LogP contribution in [0.3, 0.4) is 0 Å². The fraction of sp³-hybridized carbons (Fsp3) is 0.550. The first-order chi connectivity index (χ1) is 15.3. The number of nitrogens with one attached hydrogen (secondary N) is 1. The van der Waals surface area contributed by atoms with Crippen molar-refractivity contribution < 1.29 is 17.9 Å². The van der Waals surface area contributed by atoms with E-state index in [1.807, 2.05) is 0 Å². The van der Waals surface area contributed by atoms with Crippen LogP contribution < -0.4 is 10.6 Å². The summed E-state index contributed by atoms with van der Waals surface area (Å²) in [6.07, 6.45) is 3.33. The molecule has 1 unspecified atom stereocenters. The van der Waals surface area contributed by atoms with Gasteiger partial charge in [-0.1, -0.05) is 11.8 Å². The summed E-state index contributed by atoms with van der Waals surface area (Å²) in [5.74, 6) is 0.00536. The SMILES string of the molecule is CN(C)S(=O)(=O)c1ccc2c(c1)CCCN2C(=O)CSc1n[nH]c(=O)n1CC1CCCO1. The number of amides is 1. The number of nitrogens with zero attached hydrogens (tertiary/aromatic N) is 4. The zero-order chi connectivity index (χ0) is 22.9. The van der Waals surface area contributed by atoms with Crippen molar-refractivity contribution in [3.05, 3.63) is 34.2 Å². The minimum Gasteiger partial charge on any atom is -0.376 e. The van der Waals surface area contributed by atoms with E-state index in [0.29, 0.717) is 31.3 Å². The number of carbonyl (C=O) groups is 1. The minimum atomic E-state index is -3.54. The molecule has 1 N–H and O–H groups in total. The van der Waals surface area contributed by atoms with E-state index in [9.17, 15) is 18.0 Å². The number of fused-ring (bicyclic) bond motifs is 1. The molecule has 1 aromatic heterocycles. The number of hydrogen-bond donors (Lipinski definition) is 1. The largest absolute Gasteiger partial charge is 0.376 e. The second-order valence-electron chi connectivity index (χ2n) is 8.07. The van der Waals surface area contributed by atoms with E-state index in [1.54, 1.807) is 23.1 Å². The fourth-order valence-corrected chi connectivity index (χ4v) is 5.76. The lowest BCUT2D eigenvalue weighted by Gasteiger charge is -2.30. The predicted octanol–water partition coefficient (Wildman–Crippen LogP) is 1.07. The molecule has 1 saturated heterocycles. The predicted molar refractivity (Wildman–Crippen MR) is 121 cm³/mol. The van der Waals surface area contributed by atoms with Gasteiger partial charge in [-0.15, -0.1) is 5.10 Å². The van der Waals surface area contributed by atoms with Crippen molar-refractivity contribution in [2.75, 3.05) is 37.9 Å². The van der Waals surface area contributed by atoms with Crippen LogP contribution in [-0.4, -0.2) is 72.5 Å². The molecule has 1 fully saturated rings. The molecule has 2 aliphatic heterocycles. The van der Waals surface area contributed by atoms with Crippen molar-refractivity contribution >= 4 is 33.4 Å². The smallest absolute Gasteiger partial charge is 0.344 e. The quantitative estimate of drug-likeness (QED) is 0.588. The van der Waals surface area contributed by atoms with E-state index in [0.717, 1.165) is 30.5 Å². The molecule has 174 valence electrons. The summed E-state index contributed by atoms with van der Waals surface area (Å²) >= 11 is 1.21. The molecule has 0 bridgehead atoms. The molecule has 0 aliphatic carbocycles. The highest BCUT2D eigenvalue weighted by Crippen LogP contribution is 2.31. The van der Waals surface area contributed by atoms with E-state index >= 15 is 0 Å². The van der Waals surface area contributed by atoms with Crippen LogP contribution in [0.25, 0.3) is 0 Å². The Hall–Kier alpha value is -2.15. The number of aromatic nitrogens is 3. The van der Waals surface area contributed by atoms with Crippen LogP contribution in [0.5, 0.6) is 0 Å². The van der Waals surface area contributed by atoms with Gasteiger partial charge < -0.3 is 9.64 Å². The molecule has 4 rings (SSSR count). The number of ether oxygens (including phenoxy) is 1. The van der Waals surface area contributed by atoms with Gasteiger partial charge in [-0.2, -0.15) is 0 Å². The summed E-state index contributed by atoms with van der Waals surface area (Å²) in [4.78, 5) is 27.1. The van der Waals surface area contributed by atoms with Gasteiger partial charge >= 0.3 is 5.69 Å². The van der Waals surface area contributed by atoms with Gasteiger partial charge in [-0.25, -0.2) is 22.6 Å². The standard InChI is InChI=1S/C20H27N5O5S2/c1-23(2)32(28,29)16-7-8-17-14(11-16)5-3-9-24(17)18(26)13-31-20-22-21-19(27)25(20)12-15-6-4-10-30-15/h7-8,11,15H,3-6,9-10,12-13H2,1-2H3,(H,21,27). The number of thioether (sulfide) groups is 1. The second kappa shape index (κ2) is 9.38. The Morgan fingerprint density at radius 2 is 2.16 bits per heavy atom. The Bertz CT molecular complexity index is 1150.